The molecule has 1 amide bonds. The van der Waals surface area contributed by atoms with E-state index in [0.717, 1.165) is 5.56 Å². The zero-order chi connectivity index (χ0) is 19.4. The fraction of sp³-hybridized carbons (Fsp3) is 0.211. The number of thioether (sulfide) groups is 1. The Morgan fingerprint density at radius 3 is 2.44 bits per heavy atom. The van der Waals surface area contributed by atoms with Crippen LogP contribution in [-0.2, 0) is 4.79 Å². The molecule has 2 unspecified atom stereocenters. The van der Waals surface area contributed by atoms with Crippen molar-refractivity contribution in [2.75, 3.05) is 5.84 Å². The number of nitrogens with two attached hydrogens (primary N) is 1. The fourth-order valence-corrected chi connectivity index (χ4v) is 3.30. The van der Waals surface area contributed by atoms with Crippen molar-refractivity contribution < 1.29 is 9.18 Å². The molecule has 0 aliphatic heterocycles. The first kappa shape index (κ1) is 18.9. The summed E-state index contributed by atoms with van der Waals surface area (Å²) in [5.74, 6) is 6.00. The number of nitrogens with one attached hydrogen (secondary N) is 1. The van der Waals surface area contributed by atoms with Crippen LogP contribution in [0.2, 0.25) is 0 Å². The van der Waals surface area contributed by atoms with Crippen molar-refractivity contribution in [3.63, 3.8) is 0 Å². The summed E-state index contributed by atoms with van der Waals surface area (Å²) >= 11 is 1.21. The maximum absolute atomic E-state index is 13.1. The number of rotatable bonds is 6. The average Bonchev–Trinajstić information content (AvgIpc) is 3.03. The molecule has 0 fully saturated rings. The lowest BCUT2D eigenvalue weighted by Crippen LogP contribution is -2.33. The minimum atomic E-state index is -0.413. The standard InChI is InChI=1S/C19H20FN5OS/c1-12(14-6-4-3-5-7-14)22-18(26)13(2)27-19-24-23-17(25(19)21)15-8-10-16(20)11-9-15/h3-13H,21H2,1-2H3,(H,22,26). The summed E-state index contributed by atoms with van der Waals surface area (Å²) in [5.41, 5.74) is 1.68. The maximum Gasteiger partial charge on any atom is 0.233 e. The lowest BCUT2D eigenvalue weighted by atomic mass is 10.1. The molecule has 1 aromatic heterocycles. The Morgan fingerprint density at radius 2 is 1.78 bits per heavy atom. The third-order valence-corrected chi connectivity index (χ3v) is 5.13. The first-order valence-electron chi connectivity index (χ1n) is 8.44. The molecule has 0 saturated carbocycles. The predicted octanol–water partition coefficient (Wildman–Crippen LogP) is 3.16. The number of amides is 1. The minimum Gasteiger partial charge on any atom is -0.349 e. The molecular weight excluding hydrogens is 365 g/mol. The zero-order valence-corrected chi connectivity index (χ0v) is 15.8. The van der Waals surface area contributed by atoms with Crippen LogP contribution >= 0.6 is 11.8 Å². The van der Waals surface area contributed by atoms with Crippen molar-refractivity contribution in [2.24, 2.45) is 0 Å². The highest BCUT2D eigenvalue weighted by Gasteiger charge is 2.21. The second-order valence-electron chi connectivity index (χ2n) is 6.08. The molecule has 0 aliphatic carbocycles. The smallest absolute Gasteiger partial charge is 0.233 e. The summed E-state index contributed by atoms with van der Waals surface area (Å²) < 4.78 is 14.4. The SMILES string of the molecule is CC(Sc1nnc(-c2ccc(F)cc2)n1N)C(=O)NC(C)c1ccccc1. The van der Waals surface area contributed by atoms with E-state index in [4.69, 9.17) is 5.84 Å². The van der Waals surface area contributed by atoms with Crippen LogP contribution in [0.25, 0.3) is 11.4 Å². The van der Waals surface area contributed by atoms with Crippen molar-refractivity contribution >= 4 is 17.7 Å². The Bertz CT molecular complexity index is 914. The molecule has 6 nitrogen and oxygen atoms in total. The highest BCUT2D eigenvalue weighted by Crippen LogP contribution is 2.25. The first-order valence-corrected chi connectivity index (χ1v) is 9.32. The van der Waals surface area contributed by atoms with Gasteiger partial charge in [-0.25, -0.2) is 9.07 Å². The molecule has 0 aliphatic rings. The van der Waals surface area contributed by atoms with Crippen LogP contribution in [0, 0.1) is 5.82 Å². The van der Waals surface area contributed by atoms with Crippen molar-refractivity contribution in [1.29, 1.82) is 0 Å². The van der Waals surface area contributed by atoms with Gasteiger partial charge in [0.25, 0.3) is 0 Å². The van der Waals surface area contributed by atoms with E-state index in [2.05, 4.69) is 15.5 Å². The van der Waals surface area contributed by atoms with Gasteiger partial charge in [0.15, 0.2) is 5.82 Å². The van der Waals surface area contributed by atoms with Crippen LogP contribution < -0.4 is 11.2 Å². The number of aromatic nitrogens is 3. The van der Waals surface area contributed by atoms with Crippen molar-refractivity contribution in [3.8, 4) is 11.4 Å². The van der Waals surface area contributed by atoms with Gasteiger partial charge in [0, 0.05) is 5.56 Å². The second kappa shape index (κ2) is 8.22. The highest BCUT2D eigenvalue weighted by atomic mass is 32.2. The fourth-order valence-electron chi connectivity index (χ4n) is 2.52. The third kappa shape index (κ3) is 4.46. The van der Waals surface area contributed by atoms with Gasteiger partial charge in [-0.3, -0.25) is 4.79 Å². The molecule has 3 aromatic rings. The molecule has 27 heavy (non-hydrogen) atoms. The van der Waals surface area contributed by atoms with Gasteiger partial charge >= 0.3 is 0 Å². The maximum atomic E-state index is 13.1. The number of benzene rings is 2. The molecule has 0 bridgehead atoms. The number of carbonyl (C=O) groups is 1. The number of carbonyl (C=O) groups excluding carboxylic acids is 1. The second-order valence-corrected chi connectivity index (χ2v) is 7.39. The van der Waals surface area contributed by atoms with Crippen LogP contribution in [-0.4, -0.2) is 26.0 Å². The van der Waals surface area contributed by atoms with Crippen LogP contribution in [0.5, 0.6) is 0 Å². The van der Waals surface area contributed by atoms with Crippen molar-refractivity contribution in [1.82, 2.24) is 20.2 Å². The Hall–Kier alpha value is -2.87. The van der Waals surface area contributed by atoms with E-state index in [9.17, 15) is 9.18 Å². The van der Waals surface area contributed by atoms with Crippen LogP contribution in [0.15, 0.2) is 59.8 Å². The predicted molar refractivity (Wildman–Crippen MR) is 104 cm³/mol. The van der Waals surface area contributed by atoms with E-state index in [-0.39, 0.29) is 17.8 Å². The summed E-state index contributed by atoms with van der Waals surface area (Å²) in [5, 5.41) is 11.1. The Balaban J connectivity index is 1.66. The number of nitrogens with zero attached hydrogens (tertiary/aromatic N) is 3. The molecule has 1 heterocycles. The van der Waals surface area contributed by atoms with Crippen molar-refractivity contribution in [2.45, 2.75) is 30.3 Å². The molecule has 0 saturated heterocycles. The first-order chi connectivity index (χ1) is 13.0. The van der Waals surface area contributed by atoms with Gasteiger partial charge in [0.2, 0.25) is 11.1 Å². The lowest BCUT2D eigenvalue weighted by Gasteiger charge is -2.17. The summed E-state index contributed by atoms with van der Waals surface area (Å²) in [7, 11) is 0. The summed E-state index contributed by atoms with van der Waals surface area (Å²) in [6, 6.07) is 15.5. The van der Waals surface area contributed by atoms with E-state index in [1.807, 2.05) is 37.3 Å². The minimum absolute atomic E-state index is 0.104. The summed E-state index contributed by atoms with van der Waals surface area (Å²) in [6.45, 7) is 3.71. The van der Waals surface area contributed by atoms with Gasteiger partial charge in [-0.2, -0.15) is 0 Å². The van der Waals surface area contributed by atoms with Crippen LogP contribution in [0.4, 0.5) is 4.39 Å². The van der Waals surface area contributed by atoms with E-state index in [0.29, 0.717) is 16.5 Å². The summed E-state index contributed by atoms with van der Waals surface area (Å²) in [4.78, 5) is 12.5. The van der Waals surface area contributed by atoms with Gasteiger partial charge < -0.3 is 11.2 Å². The zero-order valence-electron chi connectivity index (χ0n) is 15.0. The number of halogens is 1. The van der Waals surface area contributed by atoms with Gasteiger partial charge in [-0.1, -0.05) is 42.1 Å². The topological polar surface area (TPSA) is 85.8 Å². The van der Waals surface area contributed by atoms with E-state index < -0.39 is 5.25 Å². The van der Waals surface area contributed by atoms with Gasteiger partial charge in [0.1, 0.15) is 5.82 Å². The Kier molecular flexibility index (Phi) is 5.75. The number of nitrogen functional groups attached to an aromatic ring is 1. The Labute approximate surface area is 161 Å². The van der Waals surface area contributed by atoms with Gasteiger partial charge in [-0.05, 0) is 43.7 Å². The lowest BCUT2D eigenvalue weighted by molar-refractivity contribution is -0.120. The highest BCUT2D eigenvalue weighted by molar-refractivity contribution is 8.00. The molecule has 0 spiro atoms. The quantitative estimate of drug-likeness (QED) is 0.503. The van der Waals surface area contributed by atoms with Crippen LogP contribution in [0.1, 0.15) is 25.5 Å². The monoisotopic (exact) mass is 385 g/mol. The molecular formula is C19H20FN5OS. The molecule has 2 aromatic carbocycles. The summed E-state index contributed by atoms with van der Waals surface area (Å²) in [6.07, 6.45) is 0. The van der Waals surface area contributed by atoms with Gasteiger partial charge in [-0.15, -0.1) is 10.2 Å². The molecule has 8 heteroatoms. The number of hydrogen-bond donors (Lipinski definition) is 2. The molecule has 2 atom stereocenters. The molecule has 3 rings (SSSR count). The largest absolute Gasteiger partial charge is 0.349 e. The molecule has 0 radical (unpaired) electrons. The molecule has 3 N–H and O–H groups in total. The van der Waals surface area contributed by atoms with Crippen molar-refractivity contribution in [3.05, 3.63) is 66.0 Å². The normalized spacial score (nSPS) is 13.1. The molecule has 140 valence electrons. The van der Waals surface area contributed by atoms with Gasteiger partial charge in [0.05, 0.1) is 11.3 Å². The van der Waals surface area contributed by atoms with E-state index >= 15 is 0 Å². The van der Waals surface area contributed by atoms with E-state index in [1.165, 1.54) is 28.6 Å². The van der Waals surface area contributed by atoms with Crippen LogP contribution in [0.3, 0.4) is 0 Å². The third-order valence-electron chi connectivity index (χ3n) is 4.08. The van der Waals surface area contributed by atoms with E-state index in [1.54, 1.807) is 19.1 Å². The Morgan fingerprint density at radius 1 is 1.11 bits per heavy atom. The number of hydrogen-bond acceptors (Lipinski definition) is 5. The average molecular weight is 385 g/mol.